The Bertz CT molecular complexity index is 1670. The van der Waals surface area contributed by atoms with E-state index in [1.165, 1.54) is 12.1 Å². The van der Waals surface area contributed by atoms with Crippen molar-refractivity contribution in [2.24, 2.45) is 0 Å². The third-order valence-electron chi connectivity index (χ3n) is 6.11. The summed E-state index contributed by atoms with van der Waals surface area (Å²) in [6.07, 6.45) is 7.09. The molecule has 0 amide bonds. The Balaban J connectivity index is 0.00000616. The Morgan fingerprint density at radius 1 is 1.00 bits per heavy atom. The summed E-state index contributed by atoms with van der Waals surface area (Å²) < 4.78 is 74.3. The summed E-state index contributed by atoms with van der Waals surface area (Å²) in [5.41, 5.74) is 3.65. The first-order valence-electron chi connectivity index (χ1n) is 12.1. The summed E-state index contributed by atoms with van der Waals surface area (Å²) in [4.78, 5) is 1.42. The number of allylic oxidation sites excluding steroid dienone is 5. The van der Waals surface area contributed by atoms with E-state index >= 15 is 0 Å². The molecule has 15 heteroatoms. The van der Waals surface area contributed by atoms with Crippen LogP contribution in [-0.4, -0.2) is 56.4 Å². The quantitative estimate of drug-likeness (QED) is 0.0415. The molecule has 1 aliphatic carbocycles. The third-order valence-corrected chi connectivity index (χ3v) is 8.00. The zero-order valence-corrected chi connectivity index (χ0v) is 27.8. The van der Waals surface area contributed by atoms with Crippen molar-refractivity contribution in [1.29, 1.82) is 0 Å². The van der Waals surface area contributed by atoms with E-state index in [-0.39, 0.29) is 35.1 Å². The van der Waals surface area contributed by atoms with Crippen molar-refractivity contribution in [3.8, 4) is 11.3 Å². The van der Waals surface area contributed by atoms with Crippen LogP contribution in [0.3, 0.4) is 0 Å². The van der Waals surface area contributed by atoms with Gasteiger partial charge in [-0.05, 0) is 72.0 Å². The molecule has 2 aromatic rings. The number of anilines is 1. The molecule has 0 aromatic heterocycles. The van der Waals surface area contributed by atoms with E-state index in [2.05, 4.69) is 25.6 Å². The van der Waals surface area contributed by atoms with Gasteiger partial charge in [0.2, 0.25) is 11.8 Å². The van der Waals surface area contributed by atoms with Gasteiger partial charge in [0.15, 0.2) is 0 Å². The standard InChI is InChI=1S/C27H28N2O9S3.Na/c1-4-29(5-2)25-14-10-21(11-15-25)27(20-8-12-24(13-9-20)28(3)16-17-39-38-37-30)22-6-7-23(19-40(31,32)33)26(18-22)41(34,35)36;/h6-15,18H,4-5,19H2,1-3H3,(H2-,30,31,32,33,34,35,36);/q;+1/p-1. The molecule has 0 fully saturated rings. The molecular weight excluding hydrogens is 615 g/mol. The molecule has 11 nitrogen and oxygen atoms in total. The summed E-state index contributed by atoms with van der Waals surface area (Å²) in [6, 6.07) is 14.2. The molecule has 0 bridgehead atoms. The Morgan fingerprint density at radius 3 is 2.12 bits per heavy atom. The largest absolute Gasteiger partial charge is 1.00 e. The maximum absolute atomic E-state index is 12.1. The second kappa shape index (κ2) is 16.0. The summed E-state index contributed by atoms with van der Waals surface area (Å²) >= 11 is 0.520. The number of rotatable bonds is 10. The van der Waals surface area contributed by atoms with Gasteiger partial charge in [0.05, 0.1) is 10.1 Å². The van der Waals surface area contributed by atoms with E-state index in [9.17, 15) is 31.2 Å². The summed E-state index contributed by atoms with van der Waals surface area (Å²) in [6.45, 7) is 5.69. The van der Waals surface area contributed by atoms with Gasteiger partial charge in [-0.15, -0.1) is 4.58 Å². The molecule has 0 unspecified atom stereocenters. The van der Waals surface area contributed by atoms with Crippen molar-refractivity contribution in [3.63, 3.8) is 0 Å². The Morgan fingerprint density at radius 2 is 1.60 bits per heavy atom. The minimum absolute atomic E-state index is 0. The van der Waals surface area contributed by atoms with E-state index in [1.54, 1.807) is 35.9 Å². The SMILES string of the molecule is CCN(CC)c1ccc(C(=C2C=CC(=[N+](C)C#CSOO[O-])C=C2)c2ccc(CS(=O)(=O)O)c(S(=O)(=O)[O-])c2)cc1.[Na+]. The minimum atomic E-state index is -5.09. The van der Waals surface area contributed by atoms with Crippen molar-refractivity contribution >= 4 is 49.3 Å². The summed E-state index contributed by atoms with van der Waals surface area (Å²) in [7, 11) is -8.00. The zero-order chi connectivity index (χ0) is 30.2. The van der Waals surface area contributed by atoms with Gasteiger partial charge in [-0.25, -0.2) is 8.42 Å². The van der Waals surface area contributed by atoms with Crippen LogP contribution >= 0.6 is 12.0 Å². The maximum atomic E-state index is 12.1. The average molecular weight is 643 g/mol. The molecule has 1 N–H and O–H groups in total. The van der Waals surface area contributed by atoms with Crippen LogP contribution in [0.2, 0.25) is 0 Å². The first-order chi connectivity index (χ1) is 19.4. The monoisotopic (exact) mass is 642 g/mol. The molecule has 0 radical (unpaired) electrons. The molecule has 0 saturated carbocycles. The van der Waals surface area contributed by atoms with Crippen molar-refractivity contribution < 1.29 is 74.7 Å². The van der Waals surface area contributed by atoms with E-state index in [0.717, 1.165) is 24.8 Å². The van der Waals surface area contributed by atoms with E-state index in [1.807, 2.05) is 38.1 Å². The smallest absolute Gasteiger partial charge is 0.744 e. The molecule has 0 heterocycles. The van der Waals surface area contributed by atoms with Gasteiger partial charge in [-0.2, -0.15) is 12.8 Å². The number of hydrogen-bond donors (Lipinski definition) is 1. The summed E-state index contributed by atoms with van der Waals surface area (Å²) in [5.74, 6) is -1.02. The third kappa shape index (κ3) is 9.90. The van der Waals surface area contributed by atoms with Crippen LogP contribution in [0, 0.1) is 11.3 Å². The van der Waals surface area contributed by atoms with Crippen LogP contribution in [0.25, 0.3) is 5.57 Å². The summed E-state index contributed by atoms with van der Waals surface area (Å²) in [5, 5.41) is 15.7. The molecule has 42 heavy (non-hydrogen) atoms. The van der Waals surface area contributed by atoms with Gasteiger partial charge < -0.3 is 14.7 Å². The van der Waals surface area contributed by atoms with E-state index < -0.39 is 30.9 Å². The molecule has 0 aliphatic heterocycles. The fourth-order valence-corrected chi connectivity index (χ4v) is 5.93. The number of nitrogens with zero attached hydrogens (tertiary/aromatic N) is 2. The van der Waals surface area contributed by atoms with Crippen LogP contribution in [0.4, 0.5) is 5.69 Å². The average Bonchev–Trinajstić information content (AvgIpc) is 2.92. The maximum Gasteiger partial charge on any atom is 1.00 e. The molecule has 3 rings (SSSR count). The number of benzene rings is 2. The van der Waals surface area contributed by atoms with Crippen LogP contribution in [0.1, 0.15) is 30.5 Å². The second-order valence-corrected chi connectivity index (χ2v) is 11.9. The molecule has 0 spiro atoms. The first kappa shape index (κ1) is 35.9. The van der Waals surface area contributed by atoms with Crippen molar-refractivity contribution in [2.45, 2.75) is 24.5 Å². The van der Waals surface area contributed by atoms with Crippen LogP contribution < -0.4 is 39.7 Å². The Labute approximate surface area is 272 Å². The van der Waals surface area contributed by atoms with Gasteiger partial charge in [-0.1, -0.05) is 24.3 Å². The topological polar surface area (TPSA) is 159 Å². The van der Waals surface area contributed by atoms with Crippen molar-refractivity contribution in [3.05, 3.63) is 89.0 Å². The van der Waals surface area contributed by atoms with Crippen molar-refractivity contribution in [2.75, 3.05) is 25.0 Å². The predicted octanol–water partition coefficient (Wildman–Crippen LogP) is -0.370. The molecule has 2 aromatic carbocycles. The number of hydrogen-bond acceptors (Lipinski definition) is 10. The molecule has 218 valence electrons. The molecule has 0 saturated heterocycles. The fraction of sp³-hybridized carbons (Fsp3) is 0.222. The van der Waals surface area contributed by atoms with Gasteiger partial charge in [0.1, 0.15) is 35.0 Å². The molecular formula is C27H27N2NaO9S3. The normalized spacial score (nSPS) is 12.8. The molecule has 0 atom stereocenters. The minimum Gasteiger partial charge on any atom is -0.744 e. The van der Waals surface area contributed by atoms with Crippen LogP contribution in [0.15, 0.2) is 77.2 Å². The Hall–Kier alpha value is -2.26. The van der Waals surface area contributed by atoms with Gasteiger partial charge in [0, 0.05) is 30.9 Å². The Kier molecular flexibility index (Phi) is 13.7. The van der Waals surface area contributed by atoms with Gasteiger partial charge in [0.25, 0.3) is 10.1 Å². The fourth-order valence-electron chi connectivity index (χ4n) is 4.22. The first-order valence-corrected chi connectivity index (χ1v) is 15.9. The van der Waals surface area contributed by atoms with Gasteiger partial charge >= 0.3 is 29.6 Å². The zero-order valence-electron chi connectivity index (χ0n) is 23.3. The van der Waals surface area contributed by atoms with E-state index in [0.29, 0.717) is 40.0 Å². The van der Waals surface area contributed by atoms with Crippen LogP contribution in [-0.2, 0) is 35.4 Å². The van der Waals surface area contributed by atoms with Crippen LogP contribution in [0.5, 0.6) is 0 Å². The van der Waals surface area contributed by atoms with E-state index in [4.69, 9.17) is 0 Å². The second-order valence-electron chi connectivity index (χ2n) is 8.64. The van der Waals surface area contributed by atoms with Crippen molar-refractivity contribution in [1.82, 2.24) is 0 Å². The molecule has 1 aliphatic rings. The van der Waals surface area contributed by atoms with Gasteiger partial charge in [-0.3, -0.25) is 9.59 Å². The predicted molar refractivity (Wildman–Crippen MR) is 153 cm³/mol.